The van der Waals surface area contributed by atoms with Gasteiger partial charge in [0.25, 0.3) is 0 Å². The maximum atomic E-state index is 12.7. The van der Waals surface area contributed by atoms with Crippen molar-refractivity contribution in [1.82, 2.24) is 30.2 Å². The Balaban J connectivity index is 1.29. The lowest BCUT2D eigenvalue weighted by Crippen LogP contribution is -2.46. The number of ether oxygens (including phenoxy) is 1. The van der Waals surface area contributed by atoms with Crippen LogP contribution in [0.1, 0.15) is 84.8 Å². The fourth-order valence-electron chi connectivity index (χ4n) is 6.21. The van der Waals surface area contributed by atoms with E-state index in [-0.39, 0.29) is 41.6 Å². The number of phosphoric ester groups is 3. The fourth-order valence-corrected chi connectivity index (χ4v) is 9.73. The minimum Gasteiger partial charge on any atom is -0.386 e. The number of imidazole rings is 1. The summed E-state index contributed by atoms with van der Waals surface area (Å²) in [5.74, 6) is -1.11. The second kappa shape index (κ2) is 30.9. The van der Waals surface area contributed by atoms with Crippen molar-refractivity contribution in [1.29, 1.82) is 0 Å². The predicted octanol–water partition coefficient (Wildman–Crippen LogP) is 5.14. The third kappa shape index (κ3) is 23.6. The number of aliphatic hydroxyl groups is 2. The van der Waals surface area contributed by atoms with E-state index in [0.717, 1.165) is 67.5 Å². The van der Waals surface area contributed by atoms with Crippen LogP contribution < -0.4 is 16.4 Å². The largest absolute Gasteiger partial charge is 0.481 e. The molecule has 0 spiro atoms. The molecule has 10 N–H and O–H groups in total. The van der Waals surface area contributed by atoms with Crippen molar-refractivity contribution < 1.29 is 80.5 Å². The number of nitrogens with two attached hydrogens (primary N) is 1. The van der Waals surface area contributed by atoms with Crippen molar-refractivity contribution in [2.24, 2.45) is 5.41 Å². The second-order valence-corrected chi connectivity index (χ2v) is 21.6. The Morgan fingerprint density at radius 3 is 2.01 bits per heavy atom. The number of hydrogen-bond acceptors (Lipinski definition) is 18. The van der Waals surface area contributed by atoms with Crippen molar-refractivity contribution in [2.75, 3.05) is 37.8 Å². The van der Waals surface area contributed by atoms with Crippen LogP contribution in [0.5, 0.6) is 0 Å². The first kappa shape index (κ1) is 61.3. The number of allylic oxidation sites excluding steroid dienone is 12. The molecule has 2 aromatic heterocycles. The van der Waals surface area contributed by atoms with Crippen LogP contribution in [0.4, 0.5) is 5.82 Å². The van der Waals surface area contributed by atoms with Crippen molar-refractivity contribution in [2.45, 2.75) is 109 Å². The molecule has 1 saturated heterocycles. The maximum absolute atomic E-state index is 12.7. The van der Waals surface area contributed by atoms with E-state index < -0.39 is 84.6 Å². The summed E-state index contributed by atoms with van der Waals surface area (Å²) >= 11 is 1.09. The van der Waals surface area contributed by atoms with E-state index in [0.29, 0.717) is 18.6 Å². The number of aromatic nitrogens is 4. The highest BCUT2D eigenvalue weighted by atomic mass is 32.2. The molecule has 2 aromatic rings. The average Bonchev–Trinajstić information content (AvgIpc) is 3.86. The third-order valence-electron chi connectivity index (χ3n) is 9.88. The van der Waals surface area contributed by atoms with Crippen molar-refractivity contribution >= 4 is 69.1 Å². The lowest BCUT2D eigenvalue weighted by atomic mass is 9.87. The number of anilines is 1. The third-order valence-corrected chi connectivity index (χ3v) is 13.9. The van der Waals surface area contributed by atoms with Gasteiger partial charge in [-0.1, -0.05) is 105 Å². The number of hydrogen-bond donors (Lipinski definition) is 9. The number of nitrogens with zero attached hydrogens (tertiary/aromatic N) is 4. The monoisotopic (exact) mass is 1080 g/mol. The Morgan fingerprint density at radius 1 is 0.845 bits per heavy atom. The zero-order valence-corrected chi connectivity index (χ0v) is 43.2. The highest BCUT2D eigenvalue weighted by Gasteiger charge is 2.50. The molecule has 0 radical (unpaired) electrons. The molecule has 396 valence electrons. The van der Waals surface area contributed by atoms with E-state index >= 15 is 0 Å². The van der Waals surface area contributed by atoms with Crippen molar-refractivity contribution in [3.8, 4) is 0 Å². The van der Waals surface area contributed by atoms with Crippen LogP contribution in [0.2, 0.25) is 0 Å². The molecule has 24 nitrogen and oxygen atoms in total. The smallest absolute Gasteiger partial charge is 0.386 e. The van der Waals surface area contributed by atoms with E-state index in [4.69, 9.17) is 19.5 Å². The highest BCUT2D eigenvalue weighted by Crippen LogP contribution is 2.61. The van der Waals surface area contributed by atoms with Crippen LogP contribution in [-0.2, 0) is 50.7 Å². The van der Waals surface area contributed by atoms with Gasteiger partial charge in [-0.25, -0.2) is 28.6 Å². The molecule has 0 saturated carbocycles. The molecular weight excluding hydrogens is 1010 g/mol. The molecule has 0 aromatic carbocycles. The van der Waals surface area contributed by atoms with Gasteiger partial charge in [0, 0.05) is 37.1 Å². The molecule has 1 aliphatic rings. The molecule has 7 atom stereocenters. The van der Waals surface area contributed by atoms with Crippen LogP contribution in [0.25, 0.3) is 11.2 Å². The molecule has 0 bridgehead atoms. The summed E-state index contributed by atoms with van der Waals surface area (Å²) in [7, 11) is -16.4. The summed E-state index contributed by atoms with van der Waals surface area (Å²) < 4.78 is 62.4. The van der Waals surface area contributed by atoms with Gasteiger partial charge in [-0.2, -0.15) is 4.31 Å². The van der Waals surface area contributed by atoms with E-state index in [1.165, 1.54) is 13.8 Å². The van der Waals surface area contributed by atoms with Gasteiger partial charge in [-0.15, -0.1) is 0 Å². The Hall–Kier alpha value is -4.00. The van der Waals surface area contributed by atoms with Crippen molar-refractivity contribution in [3.05, 3.63) is 85.6 Å². The molecule has 2 amide bonds. The van der Waals surface area contributed by atoms with Crippen LogP contribution in [-0.4, -0.2) is 123 Å². The number of nitrogen functional groups attached to an aromatic ring is 1. The number of aliphatic hydroxyl groups excluding tert-OH is 2. The molecular formula is C43H66N7O17P3S. The summed E-state index contributed by atoms with van der Waals surface area (Å²) in [6, 6.07) is 0. The molecule has 71 heavy (non-hydrogen) atoms. The van der Waals surface area contributed by atoms with Gasteiger partial charge in [-0.3, -0.25) is 32.5 Å². The normalized spacial score (nSPS) is 20.3. The van der Waals surface area contributed by atoms with E-state index in [1.807, 2.05) is 12.2 Å². The maximum Gasteiger partial charge on any atom is 0.481 e. The number of nitrogens with one attached hydrogen (secondary N) is 2. The number of rotatable bonds is 33. The molecule has 0 aliphatic carbocycles. The molecule has 28 heteroatoms. The van der Waals surface area contributed by atoms with Crippen molar-refractivity contribution in [3.63, 3.8) is 0 Å². The number of amides is 2. The minimum atomic E-state index is -5.58. The van der Waals surface area contributed by atoms with E-state index in [2.05, 4.69) is 102 Å². The van der Waals surface area contributed by atoms with E-state index in [9.17, 15) is 57.9 Å². The van der Waals surface area contributed by atoms with Gasteiger partial charge in [0.1, 0.15) is 36.3 Å². The van der Waals surface area contributed by atoms with Gasteiger partial charge in [0.05, 0.1) is 19.5 Å². The Labute approximate surface area is 416 Å². The quantitative estimate of drug-likeness (QED) is 0.0254. The summed E-state index contributed by atoms with van der Waals surface area (Å²) in [6.07, 6.45) is 24.9. The second-order valence-electron chi connectivity index (χ2n) is 16.2. The molecule has 3 heterocycles. The van der Waals surface area contributed by atoms with Crippen LogP contribution >= 0.6 is 35.2 Å². The van der Waals surface area contributed by atoms with Gasteiger partial charge >= 0.3 is 23.5 Å². The van der Waals surface area contributed by atoms with Crippen LogP contribution in [0.3, 0.4) is 0 Å². The zero-order chi connectivity index (χ0) is 52.5. The number of carbonyl (C=O) groups is 3. The van der Waals surface area contributed by atoms with Gasteiger partial charge < -0.3 is 50.9 Å². The first-order chi connectivity index (χ1) is 33.6. The molecule has 1 fully saturated rings. The lowest BCUT2D eigenvalue weighted by molar-refractivity contribution is -0.137. The topological polar surface area (TPSA) is 364 Å². The predicted molar refractivity (Wildman–Crippen MR) is 265 cm³/mol. The van der Waals surface area contributed by atoms with Crippen LogP contribution in [0, 0.1) is 5.41 Å². The minimum absolute atomic E-state index is 0.0179. The first-order valence-electron chi connectivity index (χ1n) is 22.5. The molecule has 3 rings (SSSR count). The summed E-state index contributed by atoms with van der Waals surface area (Å²) in [4.78, 5) is 88.4. The number of carbonyl (C=O) groups excluding carboxylic acids is 3. The van der Waals surface area contributed by atoms with E-state index in [1.54, 1.807) is 0 Å². The van der Waals surface area contributed by atoms with Gasteiger partial charge in [-0.05, 0) is 44.9 Å². The summed E-state index contributed by atoms with van der Waals surface area (Å²) in [5.41, 5.74) is 4.27. The molecule has 4 unspecified atom stereocenters. The Morgan fingerprint density at radius 2 is 1.42 bits per heavy atom. The van der Waals surface area contributed by atoms with Crippen LogP contribution in [0.15, 0.2) is 85.6 Å². The summed E-state index contributed by atoms with van der Waals surface area (Å²) in [5, 5.41) is 26.6. The Kier molecular flexibility index (Phi) is 26.7. The zero-order valence-electron chi connectivity index (χ0n) is 39.7. The summed E-state index contributed by atoms with van der Waals surface area (Å²) in [6.45, 7) is 2.61. The SMILES string of the molecule is CC/C=C\C/C=C\C/C=C\C/C=C\C/C=C\C/C=C\CCC(=O)SCCNC(=O)CCNC(=O)[C@H](O)C(C)(C)COP(=O)(O)OP(=O)(O)OC[C@H]1O[C@@H](n2cnc3c(N)ncnc32)C(O)C1OP(=O)(O)O. The van der Waals surface area contributed by atoms with Gasteiger partial charge in [0.2, 0.25) is 11.8 Å². The molecule has 1 aliphatic heterocycles. The number of phosphoric acid groups is 3. The fraction of sp³-hybridized carbons (Fsp3) is 0.535. The standard InChI is InChI=1S/C43H66N7O17P3S/c1-4-5-6-7-8-9-10-11-12-13-14-15-16-17-18-19-20-21-22-23-34(52)71-27-26-45-33(51)24-25-46-41(55)38(54)43(2,3)29-64-70(61,62)67-69(59,60)63-28-32-37(66-68(56,57)58)36(53)42(65-32)50-31-49-35-39(44)47-30-48-40(35)50/h5-6,8-9,11-12,14-15,17-18,20-21,30-32,36-38,42,53-54H,4,7,10,13,16,19,22-29H2,1-3H3,(H,45,51)(H,46,55)(H,59,60)(H,61,62)(H2,44,47,48)(H2,56,57,58)/b6-5-,9-8-,12-11-,15-14-,18-17-,21-20-/t32-,36?,37?,38+,42-/m1/s1. The Bertz CT molecular complexity index is 2360. The number of fused-ring (bicyclic) bond motifs is 1. The lowest BCUT2D eigenvalue weighted by Gasteiger charge is -2.30. The van der Waals surface area contributed by atoms with Gasteiger partial charge in [0.15, 0.2) is 22.8 Å². The average molecular weight is 1080 g/mol. The highest BCUT2D eigenvalue weighted by molar-refractivity contribution is 8.13. The first-order valence-corrected chi connectivity index (χ1v) is 28.0. The number of thioether (sulfide) groups is 1.